The molecule has 0 unspecified atom stereocenters. The highest BCUT2D eigenvalue weighted by Crippen LogP contribution is 2.24. The summed E-state index contributed by atoms with van der Waals surface area (Å²) < 4.78 is 0. The van der Waals surface area contributed by atoms with Gasteiger partial charge in [0, 0.05) is 12.1 Å². The maximum absolute atomic E-state index is 5.60. The summed E-state index contributed by atoms with van der Waals surface area (Å²) in [5, 5.41) is 1.97. The van der Waals surface area contributed by atoms with E-state index in [4.69, 9.17) is 5.73 Å². The first-order valence-corrected chi connectivity index (χ1v) is 5.90. The lowest BCUT2D eigenvalue weighted by Crippen LogP contribution is -2.03. The van der Waals surface area contributed by atoms with Gasteiger partial charge >= 0.3 is 0 Å². The highest BCUT2D eigenvalue weighted by molar-refractivity contribution is 7.99. The molecule has 0 aliphatic carbocycles. The van der Waals surface area contributed by atoms with Gasteiger partial charge in [-0.25, -0.2) is 9.97 Å². The standard InChI is InChI=1S/C7H11N3S2/c1-11-6-5(3-8)7(12-2)10-4-9-6/h4H,3,8H2,1-2H3. The molecule has 12 heavy (non-hydrogen) atoms. The van der Waals surface area contributed by atoms with E-state index < -0.39 is 0 Å². The third kappa shape index (κ3) is 1.91. The van der Waals surface area contributed by atoms with Gasteiger partial charge in [0.15, 0.2) is 0 Å². The highest BCUT2D eigenvalue weighted by Gasteiger charge is 2.07. The maximum Gasteiger partial charge on any atom is 0.118 e. The van der Waals surface area contributed by atoms with Crippen molar-refractivity contribution in [3.05, 3.63) is 11.9 Å². The minimum atomic E-state index is 0.507. The Bertz CT molecular complexity index is 243. The topological polar surface area (TPSA) is 51.8 Å². The second-order valence-corrected chi connectivity index (χ2v) is 3.66. The third-order valence-electron chi connectivity index (χ3n) is 1.46. The van der Waals surface area contributed by atoms with Gasteiger partial charge in [-0.3, -0.25) is 0 Å². The Morgan fingerprint density at radius 1 is 1.25 bits per heavy atom. The fraction of sp³-hybridized carbons (Fsp3) is 0.429. The number of thioether (sulfide) groups is 2. The molecular weight excluding hydrogens is 190 g/mol. The van der Waals surface area contributed by atoms with Crippen LogP contribution in [0.25, 0.3) is 0 Å². The fourth-order valence-corrected chi connectivity index (χ4v) is 2.13. The molecule has 0 atom stereocenters. The molecule has 0 aromatic carbocycles. The largest absolute Gasteiger partial charge is 0.326 e. The van der Waals surface area contributed by atoms with Crippen molar-refractivity contribution in [2.24, 2.45) is 5.73 Å². The molecule has 1 aromatic heterocycles. The lowest BCUT2D eigenvalue weighted by atomic mass is 10.3. The summed E-state index contributed by atoms with van der Waals surface area (Å²) in [5.41, 5.74) is 6.65. The zero-order valence-electron chi connectivity index (χ0n) is 7.07. The van der Waals surface area contributed by atoms with E-state index in [-0.39, 0.29) is 0 Å². The Morgan fingerprint density at radius 2 is 1.75 bits per heavy atom. The molecule has 5 heteroatoms. The molecule has 0 fully saturated rings. The molecule has 0 aliphatic heterocycles. The Hall–Kier alpha value is -0.260. The monoisotopic (exact) mass is 201 g/mol. The highest BCUT2D eigenvalue weighted by atomic mass is 32.2. The van der Waals surface area contributed by atoms with Gasteiger partial charge in [-0.2, -0.15) is 0 Å². The zero-order chi connectivity index (χ0) is 8.97. The number of nitrogens with two attached hydrogens (primary N) is 1. The number of rotatable bonds is 3. The van der Waals surface area contributed by atoms with Gasteiger partial charge in [0.25, 0.3) is 0 Å². The quantitative estimate of drug-likeness (QED) is 0.591. The van der Waals surface area contributed by atoms with Crippen LogP contribution in [0, 0.1) is 0 Å². The van der Waals surface area contributed by atoms with Crippen LogP contribution in [0.4, 0.5) is 0 Å². The first-order chi connectivity index (χ1) is 5.83. The van der Waals surface area contributed by atoms with E-state index in [1.165, 1.54) is 0 Å². The SMILES string of the molecule is CSc1ncnc(SC)c1CN. The van der Waals surface area contributed by atoms with Crippen LogP contribution in [0.2, 0.25) is 0 Å². The van der Waals surface area contributed by atoms with Crippen LogP contribution in [0.15, 0.2) is 16.4 Å². The molecule has 1 heterocycles. The molecule has 66 valence electrons. The lowest BCUT2D eigenvalue weighted by Gasteiger charge is -2.06. The molecule has 3 nitrogen and oxygen atoms in total. The van der Waals surface area contributed by atoms with E-state index in [0.717, 1.165) is 15.6 Å². The van der Waals surface area contributed by atoms with Crippen LogP contribution in [0.1, 0.15) is 5.56 Å². The summed E-state index contributed by atoms with van der Waals surface area (Å²) in [5.74, 6) is 0. The first-order valence-electron chi connectivity index (χ1n) is 3.45. The third-order valence-corrected chi connectivity index (χ3v) is 2.93. The lowest BCUT2D eigenvalue weighted by molar-refractivity contribution is 0.853. The van der Waals surface area contributed by atoms with E-state index in [0.29, 0.717) is 6.54 Å². The molecule has 2 N–H and O–H groups in total. The molecule has 0 radical (unpaired) electrons. The fourth-order valence-electron chi connectivity index (χ4n) is 0.907. The summed E-state index contributed by atoms with van der Waals surface area (Å²) in [6.07, 6.45) is 5.56. The van der Waals surface area contributed by atoms with Gasteiger partial charge in [0.2, 0.25) is 0 Å². The molecule has 0 saturated carbocycles. The van der Waals surface area contributed by atoms with Crippen molar-refractivity contribution in [1.82, 2.24) is 9.97 Å². The average molecular weight is 201 g/mol. The van der Waals surface area contributed by atoms with Gasteiger partial charge < -0.3 is 5.73 Å². The number of hydrogen-bond acceptors (Lipinski definition) is 5. The van der Waals surface area contributed by atoms with Crippen molar-refractivity contribution in [3.8, 4) is 0 Å². The van der Waals surface area contributed by atoms with Crippen molar-refractivity contribution >= 4 is 23.5 Å². The van der Waals surface area contributed by atoms with Crippen molar-refractivity contribution in [2.75, 3.05) is 12.5 Å². The van der Waals surface area contributed by atoms with Crippen molar-refractivity contribution in [3.63, 3.8) is 0 Å². The van der Waals surface area contributed by atoms with Gasteiger partial charge in [0.1, 0.15) is 16.4 Å². The summed E-state index contributed by atoms with van der Waals surface area (Å²) in [4.78, 5) is 8.27. The van der Waals surface area contributed by atoms with Crippen molar-refractivity contribution in [1.29, 1.82) is 0 Å². The second kappa shape index (κ2) is 4.69. The van der Waals surface area contributed by atoms with Crippen LogP contribution in [0.3, 0.4) is 0 Å². The van der Waals surface area contributed by atoms with E-state index in [1.54, 1.807) is 29.9 Å². The van der Waals surface area contributed by atoms with Crippen molar-refractivity contribution in [2.45, 2.75) is 16.6 Å². The molecule has 0 spiro atoms. The number of nitrogens with zero attached hydrogens (tertiary/aromatic N) is 2. The summed E-state index contributed by atoms with van der Waals surface area (Å²) in [7, 11) is 0. The maximum atomic E-state index is 5.60. The smallest absolute Gasteiger partial charge is 0.118 e. The zero-order valence-corrected chi connectivity index (χ0v) is 8.71. The Balaban J connectivity index is 3.13. The van der Waals surface area contributed by atoms with Crippen LogP contribution in [-0.4, -0.2) is 22.5 Å². The predicted octanol–water partition coefficient (Wildman–Crippen LogP) is 1.38. The molecule has 1 rings (SSSR count). The van der Waals surface area contributed by atoms with Crippen LogP contribution in [0.5, 0.6) is 0 Å². The average Bonchev–Trinajstić information content (AvgIpc) is 2.16. The Kier molecular flexibility index (Phi) is 3.84. The molecule has 0 bridgehead atoms. The Labute approximate surface area is 80.6 Å². The van der Waals surface area contributed by atoms with Crippen LogP contribution >= 0.6 is 23.5 Å². The van der Waals surface area contributed by atoms with E-state index >= 15 is 0 Å². The minimum absolute atomic E-state index is 0.507. The number of hydrogen-bond donors (Lipinski definition) is 1. The summed E-state index contributed by atoms with van der Waals surface area (Å²) >= 11 is 3.21. The van der Waals surface area contributed by atoms with Gasteiger partial charge in [-0.1, -0.05) is 0 Å². The summed E-state index contributed by atoms with van der Waals surface area (Å²) in [6, 6.07) is 0. The van der Waals surface area contributed by atoms with E-state index in [1.807, 2.05) is 12.5 Å². The van der Waals surface area contributed by atoms with Crippen molar-refractivity contribution < 1.29 is 0 Å². The van der Waals surface area contributed by atoms with Gasteiger partial charge in [-0.15, -0.1) is 23.5 Å². The second-order valence-electron chi connectivity index (χ2n) is 2.07. The molecular formula is C7H11N3S2. The number of aromatic nitrogens is 2. The first kappa shape index (κ1) is 9.83. The van der Waals surface area contributed by atoms with E-state index in [2.05, 4.69) is 9.97 Å². The van der Waals surface area contributed by atoms with Crippen LogP contribution in [-0.2, 0) is 6.54 Å². The summed E-state index contributed by atoms with van der Waals surface area (Å²) in [6.45, 7) is 0.507. The van der Waals surface area contributed by atoms with Crippen LogP contribution < -0.4 is 5.73 Å². The van der Waals surface area contributed by atoms with Gasteiger partial charge in [0.05, 0.1) is 0 Å². The Morgan fingerprint density at radius 3 is 2.08 bits per heavy atom. The van der Waals surface area contributed by atoms with E-state index in [9.17, 15) is 0 Å². The minimum Gasteiger partial charge on any atom is -0.326 e. The normalized spacial score (nSPS) is 10.2. The molecule has 0 aliphatic rings. The molecule has 0 saturated heterocycles. The predicted molar refractivity (Wildman–Crippen MR) is 53.5 cm³/mol. The van der Waals surface area contributed by atoms with Gasteiger partial charge in [-0.05, 0) is 12.5 Å². The molecule has 1 aromatic rings. The molecule has 0 amide bonds.